The van der Waals surface area contributed by atoms with Crippen molar-refractivity contribution < 1.29 is 18.3 Å². The van der Waals surface area contributed by atoms with Crippen molar-refractivity contribution in [2.45, 2.75) is 50.7 Å². The first-order valence-electron chi connectivity index (χ1n) is 8.68. The van der Waals surface area contributed by atoms with E-state index in [0.29, 0.717) is 25.2 Å². The van der Waals surface area contributed by atoms with Crippen molar-refractivity contribution in [2.75, 3.05) is 19.8 Å². The molecule has 2 fully saturated rings. The molecule has 140 valence electrons. The molecule has 0 bridgehead atoms. The summed E-state index contributed by atoms with van der Waals surface area (Å²) in [5.41, 5.74) is 0.365. The molecule has 3 rings (SSSR count). The van der Waals surface area contributed by atoms with E-state index in [1.54, 1.807) is 4.90 Å². The van der Waals surface area contributed by atoms with Crippen molar-refractivity contribution >= 4 is 18.3 Å². The quantitative estimate of drug-likeness (QED) is 0.861. The van der Waals surface area contributed by atoms with Gasteiger partial charge in [0, 0.05) is 43.2 Å². The van der Waals surface area contributed by atoms with E-state index in [2.05, 4.69) is 5.32 Å². The van der Waals surface area contributed by atoms with Crippen molar-refractivity contribution in [3.05, 3.63) is 35.4 Å². The Bertz CT molecular complexity index is 576. The number of halogens is 3. The number of hydrogen-bond donors (Lipinski definition) is 1. The first kappa shape index (κ1) is 20.1. The molecule has 1 heterocycles. The number of carbonyl (C=O) groups is 1. The third-order valence-corrected chi connectivity index (χ3v) is 4.86. The molecule has 0 spiro atoms. The minimum absolute atomic E-state index is 0. The molecule has 1 aromatic carbocycles. The number of nitrogens with zero attached hydrogens (tertiary/aromatic N) is 1. The predicted octanol–water partition coefficient (Wildman–Crippen LogP) is 3.04. The van der Waals surface area contributed by atoms with Crippen LogP contribution < -0.4 is 5.32 Å². The summed E-state index contributed by atoms with van der Waals surface area (Å²) >= 11 is 0. The fraction of sp³-hybridized carbons (Fsp3) is 0.611. The molecule has 1 saturated heterocycles. The monoisotopic (exact) mass is 374 g/mol. The lowest BCUT2D eigenvalue weighted by Gasteiger charge is -2.32. The molecule has 1 atom stereocenters. The molecule has 1 aliphatic heterocycles. The molecule has 0 aromatic heterocycles. The zero-order chi connectivity index (χ0) is 16.9. The second kappa shape index (κ2) is 9.46. The Morgan fingerprint density at radius 3 is 2.68 bits per heavy atom. The second-order valence-electron chi connectivity index (χ2n) is 6.63. The van der Waals surface area contributed by atoms with E-state index in [-0.39, 0.29) is 36.9 Å². The molecule has 1 amide bonds. The predicted molar refractivity (Wildman–Crippen MR) is 93.6 cm³/mol. The third-order valence-electron chi connectivity index (χ3n) is 4.86. The summed E-state index contributed by atoms with van der Waals surface area (Å²) in [5.74, 6) is -1.18. The van der Waals surface area contributed by atoms with Crippen molar-refractivity contribution in [1.29, 1.82) is 0 Å². The average molecular weight is 375 g/mol. The molecular weight excluding hydrogens is 350 g/mol. The SMILES string of the molecule is Cl.O=C(CC1COCCN1)N(Cc1ccc(F)cc1F)C1CCCC1. The maximum atomic E-state index is 14.0. The van der Waals surface area contributed by atoms with Gasteiger partial charge in [-0.05, 0) is 18.9 Å². The van der Waals surface area contributed by atoms with Crippen LogP contribution in [0.2, 0.25) is 0 Å². The normalized spacial score (nSPS) is 21.0. The molecule has 7 heteroatoms. The summed E-state index contributed by atoms with van der Waals surface area (Å²) in [4.78, 5) is 14.6. The van der Waals surface area contributed by atoms with E-state index in [9.17, 15) is 13.6 Å². The van der Waals surface area contributed by atoms with E-state index in [1.807, 2.05) is 0 Å². The van der Waals surface area contributed by atoms with Crippen LogP contribution in [0.25, 0.3) is 0 Å². The van der Waals surface area contributed by atoms with Crippen LogP contribution in [0, 0.1) is 11.6 Å². The average Bonchev–Trinajstić information content (AvgIpc) is 3.09. The maximum absolute atomic E-state index is 14.0. The van der Waals surface area contributed by atoms with Crippen LogP contribution >= 0.6 is 12.4 Å². The largest absolute Gasteiger partial charge is 0.378 e. The molecular formula is C18H25ClF2N2O2. The van der Waals surface area contributed by atoms with Gasteiger partial charge in [0.25, 0.3) is 0 Å². The van der Waals surface area contributed by atoms with E-state index < -0.39 is 11.6 Å². The number of benzene rings is 1. The Balaban J connectivity index is 0.00000225. The first-order valence-corrected chi connectivity index (χ1v) is 8.68. The van der Waals surface area contributed by atoms with Gasteiger partial charge in [0.05, 0.1) is 13.2 Å². The number of nitrogens with one attached hydrogen (secondary N) is 1. The van der Waals surface area contributed by atoms with Gasteiger partial charge in [-0.25, -0.2) is 8.78 Å². The number of morpholine rings is 1. The Labute approximate surface area is 153 Å². The van der Waals surface area contributed by atoms with Crippen LogP contribution in [0.1, 0.15) is 37.7 Å². The van der Waals surface area contributed by atoms with Gasteiger partial charge in [0.2, 0.25) is 5.91 Å². The third kappa shape index (κ3) is 5.36. The molecule has 4 nitrogen and oxygen atoms in total. The molecule has 2 aliphatic rings. The van der Waals surface area contributed by atoms with E-state index in [4.69, 9.17) is 4.74 Å². The van der Waals surface area contributed by atoms with Gasteiger partial charge >= 0.3 is 0 Å². The van der Waals surface area contributed by atoms with Crippen molar-refractivity contribution in [3.63, 3.8) is 0 Å². The highest BCUT2D eigenvalue weighted by molar-refractivity contribution is 5.85. The lowest BCUT2D eigenvalue weighted by atomic mass is 10.1. The fourth-order valence-electron chi connectivity index (χ4n) is 3.55. The molecule has 1 unspecified atom stereocenters. The van der Waals surface area contributed by atoms with E-state index >= 15 is 0 Å². The van der Waals surface area contributed by atoms with Crippen LogP contribution in [0.4, 0.5) is 8.78 Å². The Kier molecular flexibility index (Phi) is 7.59. The molecule has 1 aliphatic carbocycles. The highest BCUT2D eigenvalue weighted by atomic mass is 35.5. The Morgan fingerprint density at radius 2 is 2.04 bits per heavy atom. The summed E-state index contributed by atoms with van der Waals surface area (Å²) in [6.07, 6.45) is 4.42. The molecule has 1 saturated carbocycles. The zero-order valence-corrected chi connectivity index (χ0v) is 15.0. The minimum atomic E-state index is -0.599. The Hall–Kier alpha value is -1.24. The smallest absolute Gasteiger partial charge is 0.224 e. The molecule has 1 aromatic rings. The van der Waals surface area contributed by atoms with Crippen molar-refractivity contribution in [3.8, 4) is 0 Å². The summed E-state index contributed by atoms with van der Waals surface area (Å²) in [6.45, 7) is 2.13. The van der Waals surface area contributed by atoms with E-state index in [1.165, 1.54) is 12.1 Å². The van der Waals surface area contributed by atoms with Gasteiger partial charge in [-0.2, -0.15) is 0 Å². The number of hydrogen-bond acceptors (Lipinski definition) is 3. The van der Waals surface area contributed by atoms with Crippen LogP contribution in [0.5, 0.6) is 0 Å². The van der Waals surface area contributed by atoms with Gasteiger partial charge < -0.3 is 15.0 Å². The number of amides is 1. The standard InChI is InChI=1S/C18H24F2N2O2.ClH/c19-14-6-5-13(17(20)9-14)11-22(16-3-1-2-4-16)18(23)10-15-12-24-8-7-21-15;/h5-6,9,15-16,21H,1-4,7-8,10-12H2;1H. The van der Waals surface area contributed by atoms with Gasteiger partial charge in [-0.15, -0.1) is 12.4 Å². The summed E-state index contributed by atoms with van der Waals surface area (Å²) in [5, 5.41) is 3.28. The van der Waals surface area contributed by atoms with Gasteiger partial charge in [-0.1, -0.05) is 18.9 Å². The van der Waals surface area contributed by atoms with Crippen LogP contribution in [0.15, 0.2) is 18.2 Å². The molecule has 1 N–H and O–H groups in total. The lowest BCUT2D eigenvalue weighted by molar-refractivity contribution is -0.135. The maximum Gasteiger partial charge on any atom is 0.224 e. The van der Waals surface area contributed by atoms with Crippen LogP contribution in [-0.4, -0.2) is 42.6 Å². The summed E-state index contributed by atoms with van der Waals surface area (Å²) < 4.78 is 32.5. The summed E-state index contributed by atoms with van der Waals surface area (Å²) in [7, 11) is 0. The Morgan fingerprint density at radius 1 is 1.28 bits per heavy atom. The minimum Gasteiger partial charge on any atom is -0.378 e. The van der Waals surface area contributed by atoms with Crippen molar-refractivity contribution in [1.82, 2.24) is 10.2 Å². The van der Waals surface area contributed by atoms with Gasteiger partial charge in [-0.3, -0.25) is 4.79 Å². The molecule has 0 radical (unpaired) electrons. The summed E-state index contributed by atoms with van der Waals surface area (Å²) in [6, 6.07) is 3.71. The van der Waals surface area contributed by atoms with Crippen LogP contribution in [-0.2, 0) is 16.1 Å². The van der Waals surface area contributed by atoms with E-state index in [0.717, 1.165) is 38.3 Å². The van der Waals surface area contributed by atoms with Gasteiger partial charge in [0.1, 0.15) is 11.6 Å². The lowest BCUT2D eigenvalue weighted by Crippen LogP contribution is -2.46. The fourth-order valence-corrected chi connectivity index (χ4v) is 3.55. The van der Waals surface area contributed by atoms with Gasteiger partial charge in [0.15, 0.2) is 0 Å². The van der Waals surface area contributed by atoms with Crippen molar-refractivity contribution in [2.24, 2.45) is 0 Å². The topological polar surface area (TPSA) is 41.6 Å². The number of carbonyl (C=O) groups excluding carboxylic acids is 1. The highest BCUT2D eigenvalue weighted by Gasteiger charge is 2.29. The number of ether oxygens (including phenoxy) is 1. The molecule has 25 heavy (non-hydrogen) atoms. The zero-order valence-electron chi connectivity index (χ0n) is 14.2. The first-order chi connectivity index (χ1) is 11.6. The number of rotatable bonds is 5. The van der Waals surface area contributed by atoms with Crippen LogP contribution in [0.3, 0.4) is 0 Å². The highest BCUT2D eigenvalue weighted by Crippen LogP contribution is 2.26. The second-order valence-corrected chi connectivity index (χ2v) is 6.63.